The summed E-state index contributed by atoms with van der Waals surface area (Å²) in [6.07, 6.45) is 2.97. The van der Waals surface area contributed by atoms with E-state index in [1.54, 1.807) is 0 Å². The fourth-order valence-electron chi connectivity index (χ4n) is 2.40. The van der Waals surface area contributed by atoms with Crippen molar-refractivity contribution in [2.24, 2.45) is 17.4 Å². The Bertz CT molecular complexity index is 210. The lowest BCUT2D eigenvalue weighted by Gasteiger charge is -2.37. The maximum atomic E-state index is 11.2. The minimum Gasteiger partial charge on any atom is -0.368 e. The third kappa shape index (κ3) is 3.18. The molecule has 1 aliphatic rings. The van der Waals surface area contributed by atoms with Crippen LogP contribution >= 0.6 is 0 Å². The van der Waals surface area contributed by atoms with E-state index in [1.165, 1.54) is 0 Å². The lowest BCUT2D eigenvalue weighted by molar-refractivity contribution is -0.124. The van der Waals surface area contributed by atoms with E-state index in [9.17, 15) is 4.79 Å². The van der Waals surface area contributed by atoms with Gasteiger partial charge in [0.25, 0.3) is 0 Å². The van der Waals surface area contributed by atoms with Crippen LogP contribution in [0.25, 0.3) is 0 Å². The van der Waals surface area contributed by atoms with E-state index in [4.69, 9.17) is 11.5 Å². The van der Waals surface area contributed by atoms with Crippen molar-refractivity contribution < 1.29 is 4.79 Å². The predicted molar refractivity (Wildman–Crippen MR) is 61.2 cm³/mol. The van der Waals surface area contributed by atoms with Crippen LogP contribution in [0.3, 0.4) is 0 Å². The molecule has 4 N–H and O–H groups in total. The number of hydrogen-bond acceptors (Lipinski definition) is 3. The van der Waals surface area contributed by atoms with Gasteiger partial charge in [-0.3, -0.25) is 9.69 Å². The van der Waals surface area contributed by atoms with E-state index in [0.29, 0.717) is 5.92 Å². The van der Waals surface area contributed by atoms with Gasteiger partial charge < -0.3 is 11.5 Å². The molecule has 4 heteroatoms. The molecule has 0 saturated carbocycles. The SMILES string of the molecule is CCC(C(N)=O)N1CCC(C(C)N)CC1. The molecule has 88 valence electrons. The molecular formula is C11H23N3O. The van der Waals surface area contributed by atoms with Gasteiger partial charge in [0, 0.05) is 6.04 Å². The third-order valence-corrected chi connectivity index (χ3v) is 3.47. The van der Waals surface area contributed by atoms with Gasteiger partial charge in [0.05, 0.1) is 6.04 Å². The molecule has 2 atom stereocenters. The van der Waals surface area contributed by atoms with Crippen LogP contribution in [0.4, 0.5) is 0 Å². The van der Waals surface area contributed by atoms with E-state index in [1.807, 2.05) is 6.92 Å². The maximum Gasteiger partial charge on any atom is 0.234 e. The van der Waals surface area contributed by atoms with Crippen LogP contribution in [0.2, 0.25) is 0 Å². The minimum atomic E-state index is -0.197. The first kappa shape index (κ1) is 12.5. The molecular weight excluding hydrogens is 190 g/mol. The molecule has 1 fully saturated rings. The zero-order valence-corrected chi connectivity index (χ0v) is 9.78. The van der Waals surface area contributed by atoms with Crippen LogP contribution in [0.5, 0.6) is 0 Å². The molecule has 0 aromatic rings. The Balaban J connectivity index is 2.45. The number of likely N-dealkylation sites (tertiary alicyclic amines) is 1. The summed E-state index contributed by atoms with van der Waals surface area (Å²) in [6.45, 7) is 5.97. The van der Waals surface area contributed by atoms with Crippen molar-refractivity contribution >= 4 is 5.91 Å². The van der Waals surface area contributed by atoms with E-state index in [0.717, 1.165) is 32.4 Å². The van der Waals surface area contributed by atoms with Crippen molar-refractivity contribution in [1.29, 1.82) is 0 Å². The van der Waals surface area contributed by atoms with Gasteiger partial charge in [-0.2, -0.15) is 0 Å². The van der Waals surface area contributed by atoms with Gasteiger partial charge in [-0.15, -0.1) is 0 Å². The number of amides is 1. The molecule has 0 aromatic carbocycles. The van der Waals surface area contributed by atoms with Crippen LogP contribution in [0, 0.1) is 5.92 Å². The number of nitrogens with zero attached hydrogens (tertiary/aromatic N) is 1. The monoisotopic (exact) mass is 213 g/mol. The van der Waals surface area contributed by atoms with Gasteiger partial charge in [0.2, 0.25) is 5.91 Å². The standard InChI is InChI=1S/C11H23N3O/c1-3-10(11(13)15)14-6-4-9(5-7-14)8(2)12/h8-10H,3-7,12H2,1-2H3,(H2,13,15). The molecule has 0 radical (unpaired) electrons. The first-order valence-corrected chi connectivity index (χ1v) is 5.85. The number of primary amides is 1. The third-order valence-electron chi connectivity index (χ3n) is 3.47. The molecule has 1 heterocycles. The summed E-state index contributed by atoms with van der Waals surface area (Å²) in [5.41, 5.74) is 11.2. The van der Waals surface area contributed by atoms with Crippen molar-refractivity contribution in [3.05, 3.63) is 0 Å². The molecule has 1 aliphatic heterocycles. The smallest absolute Gasteiger partial charge is 0.234 e. The number of rotatable bonds is 4. The number of piperidine rings is 1. The highest BCUT2D eigenvalue weighted by atomic mass is 16.1. The fourth-order valence-corrected chi connectivity index (χ4v) is 2.40. The Morgan fingerprint density at radius 3 is 2.33 bits per heavy atom. The fraction of sp³-hybridized carbons (Fsp3) is 0.909. The van der Waals surface area contributed by atoms with Crippen LogP contribution in [-0.4, -0.2) is 36.0 Å². The van der Waals surface area contributed by atoms with Crippen molar-refractivity contribution in [3.8, 4) is 0 Å². The Morgan fingerprint density at radius 1 is 1.47 bits per heavy atom. The largest absolute Gasteiger partial charge is 0.368 e. The molecule has 0 aromatic heterocycles. The molecule has 4 nitrogen and oxygen atoms in total. The first-order chi connectivity index (χ1) is 7.06. The van der Waals surface area contributed by atoms with Crippen LogP contribution in [0.1, 0.15) is 33.1 Å². The Labute approximate surface area is 92.0 Å². The highest BCUT2D eigenvalue weighted by molar-refractivity contribution is 5.79. The zero-order valence-electron chi connectivity index (χ0n) is 9.78. The average Bonchev–Trinajstić information content (AvgIpc) is 2.19. The van der Waals surface area contributed by atoms with Crippen molar-refractivity contribution in [2.75, 3.05) is 13.1 Å². The highest BCUT2D eigenvalue weighted by Gasteiger charge is 2.28. The van der Waals surface area contributed by atoms with Crippen molar-refractivity contribution in [3.63, 3.8) is 0 Å². The van der Waals surface area contributed by atoms with E-state index in [-0.39, 0.29) is 18.0 Å². The summed E-state index contributed by atoms with van der Waals surface area (Å²) < 4.78 is 0. The van der Waals surface area contributed by atoms with Gasteiger partial charge >= 0.3 is 0 Å². The number of carbonyl (C=O) groups is 1. The van der Waals surface area contributed by atoms with Crippen LogP contribution in [0.15, 0.2) is 0 Å². The van der Waals surface area contributed by atoms with E-state index in [2.05, 4.69) is 11.8 Å². The molecule has 2 unspecified atom stereocenters. The Morgan fingerprint density at radius 2 is 2.00 bits per heavy atom. The molecule has 0 spiro atoms. The van der Waals surface area contributed by atoms with Gasteiger partial charge in [-0.25, -0.2) is 0 Å². The summed E-state index contributed by atoms with van der Waals surface area (Å²) >= 11 is 0. The van der Waals surface area contributed by atoms with E-state index >= 15 is 0 Å². The normalized spacial score (nSPS) is 23.7. The second-order valence-corrected chi connectivity index (χ2v) is 4.56. The number of carbonyl (C=O) groups excluding carboxylic acids is 1. The number of hydrogen-bond donors (Lipinski definition) is 2. The second kappa shape index (κ2) is 5.47. The molecule has 0 bridgehead atoms. The minimum absolute atomic E-state index is 0.0842. The maximum absolute atomic E-state index is 11.2. The van der Waals surface area contributed by atoms with Gasteiger partial charge in [-0.1, -0.05) is 6.92 Å². The predicted octanol–water partition coefficient (Wildman–Crippen LogP) is 0.310. The first-order valence-electron chi connectivity index (χ1n) is 5.85. The zero-order chi connectivity index (χ0) is 11.4. The number of nitrogens with two attached hydrogens (primary N) is 2. The van der Waals surface area contributed by atoms with Crippen LogP contribution < -0.4 is 11.5 Å². The average molecular weight is 213 g/mol. The molecule has 15 heavy (non-hydrogen) atoms. The lowest BCUT2D eigenvalue weighted by atomic mass is 9.90. The van der Waals surface area contributed by atoms with Gasteiger partial charge in [-0.05, 0) is 45.2 Å². The van der Waals surface area contributed by atoms with Gasteiger partial charge in [0.15, 0.2) is 0 Å². The summed E-state index contributed by atoms with van der Waals surface area (Å²) in [5, 5.41) is 0. The second-order valence-electron chi connectivity index (χ2n) is 4.56. The van der Waals surface area contributed by atoms with Crippen molar-refractivity contribution in [2.45, 2.75) is 45.2 Å². The van der Waals surface area contributed by atoms with Gasteiger partial charge in [0.1, 0.15) is 0 Å². The van der Waals surface area contributed by atoms with E-state index < -0.39 is 0 Å². The quantitative estimate of drug-likeness (QED) is 0.706. The van der Waals surface area contributed by atoms with Crippen molar-refractivity contribution in [1.82, 2.24) is 4.90 Å². The molecule has 1 rings (SSSR count). The summed E-state index contributed by atoms with van der Waals surface area (Å²) in [5.74, 6) is 0.406. The lowest BCUT2D eigenvalue weighted by Crippen LogP contribution is -2.49. The molecule has 1 saturated heterocycles. The highest BCUT2D eigenvalue weighted by Crippen LogP contribution is 2.21. The Kier molecular flexibility index (Phi) is 4.54. The summed E-state index contributed by atoms with van der Waals surface area (Å²) in [7, 11) is 0. The topological polar surface area (TPSA) is 72.4 Å². The van der Waals surface area contributed by atoms with Crippen LogP contribution in [-0.2, 0) is 4.79 Å². The summed E-state index contributed by atoms with van der Waals surface area (Å²) in [6, 6.07) is 0.180. The Hall–Kier alpha value is -0.610. The summed E-state index contributed by atoms with van der Waals surface area (Å²) in [4.78, 5) is 13.4. The molecule has 0 aliphatic carbocycles. The molecule has 1 amide bonds.